The van der Waals surface area contributed by atoms with E-state index >= 15 is 0 Å². The fourth-order valence-electron chi connectivity index (χ4n) is 4.02. The Hall–Kier alpha value is -2.91. The predicted molar refractivity (Wildman–Crippen MR) is 120 cm³/mol. The Morgan fingerprint density at radius 1 is 1.24 bits per heavy atom. The van der Waals surface area contributed by atoms with Gasteiger partial charge in [-0.05, 0) is 31.0 Å². The van der Waals surface area contributed by atoms with E-state index in [1.165, 1.54) is 19.1 Å². The second-order valence-electron chi connectivity index (χ2n) is 8.66. The summed E-state index contributed by atoms with van der Waals surface area (Å²) < 4.78 is 65.1. The Labute approximate surface area is 196 Å². The van der Waals surface area contributed by atoms with Gasteiger partial charge < -0.3 is 14.9 Å². The van der Waals surface area contributed by atoms with Crippen LogP contribution in [0.1, 0.15) is 43.7 Å². The number of piperazine rings is 1. The lowest BCUT2D eigenvalue weighted by Gasteiger charge is -2.44. The molecule has 1 saturated heterocycles. The highest BCUT2D eigenvalue weighted by atomic mass is 32.2. The third-order valence-corrected chi connectivity index (χ3v) is 6.95. The number of rotatable bonds is 5. The van der Waals surface area contributed by atoms with Gasteiger partial charge in [0.25, 0.3) is 0 Å². The molecule has 8 nitrogen and oxygen atoms in total. The standard InChI is InChI=1S/C22H26F3N5O3S/c1-13(2)18-12-29(16-6-5-15(10-26)19(9-16)34(4,32)33)7-8-30(18)21-27-11-17(14(3)31)20(28-21)22(23,24)25/h5-6,9,11,13-14,18,31H,7-8,12H2,1-4H3/t14?,18-/m0/s1. The molecular weight excluding hydrogens is 471 g/mol. The van der Waals surface area contributed by atoms with Crippen molar-refractivity contribution in [2.75, 3.05) is 35.7 Å². The van der Waals surface area contributed by atoms with E-state index < -0.39 is 27.8 Å². The lowest BCUT2D eigenvalue weighted by Crippen LogP contribution is -2.56. The van der Waals surface area contributed by atoms with Crippen molar-refractivity contribution >= 4 is 21.5 Å². The maximum atomic E-state index is 13.6. The van der Waals surface area contributed by atoms with Crippen LogP contribution >= 0.6 is 0 Å². The SMILES string of the molecule is CC(O)c1cnc(N2CCN(c3ccc(C#N)c(S(C)(=O)=O)c3)C[C@H]2C(C)C)nc1C(F)(F)F. The molecule has 3 rings (SSSR count). The van der Waals surface area contributed by atoms with Crippen LogP contribution in [0.25, 0.3) is 0 Å². The quantitative estimate of drug-likeness (QED) is 0.671. The molecule has 2 atom stereocenters. The van der Waals surface area contributed by atoms with E-state index in [0.717, 1.165) is 12.5 Å². The summed E-state index contributed by atoms with van der Waals surface area (Å²) in [6.07, 6.45) is -4.07. The van der Waals surface area contributed by atoms with Gasteiger partial charge in [-0.15, -0.1) is 0 Å². The number of alkyl halides is 3. The minimum absolute atomic E-state index is 0.00457. The molecule has 0 bridgehead atoms. The number of aliphatic hydroxyl groups excluding tert-OH is 1. The molecule has 184 valence electrons. The topological polar surface area (TPSA) is 110 Å². The number of nitrogens with zero attached hydrogens (tertiary/aromatic N) is 5. The first kappa shape index (κ1) is 25.7. The number of hydrogen-bond acceptors (Lipinski definition) is 8. The molecule has 12 heteroatoms. The van der Waals surface area contributed by atoms with Crippen molar-refractivity contribution in [2.24, 2.45) is 5.92 Å². The van der Waals surface area contributed by atoms with Gasteiger partial charge in [0, 0.05) is 43.3 Å². The van der Waals surface area contributed by atoms with Crippen molar-refractivity contribution in [3.63, 3.8) is 0 Å². The molecule has 1 unspecified atom stereocenters. The van der Waals surface area contributed by atoms with Gasteiger partial charge in [-0.1, -0.05) is 13.8 Å². The molecule has 1 aliphatic rings. The highest BCUT2D eigenvalue weighted by molar-refractivity contribution is 7.90. The first-order chi connectivity index (χ1) is 15.7. The second kappa shape index (κ2) is 9.38. The Morgan fingerprint density at radius 3 is 2.44 bits per heavy atom. The molecular formula is C22H26F3N5O3S. The average molecular weight is 498 g/mol. The van der Waals surface area contributed by atoms with Crippen molar-refractivity contribution < 1.29 is 26.7 Å². The number of benzene rings is 1. The fraction of sp³-hybridized carbons (Fsp3) is 0.500. The molecule has 0 amide bonds. The molecule has 0 saturated carbocycles. The first-order valence-electron chi connectivity index (χ1n) is 10.6. The zero-order valence-corrected chi connectivity index (χ0v) is 20.0. The summed E-state index contributed by atoms with van der Waals surface area (Å²) in [6.45, 7) is 6.14. The van der Waals surface area contributed by atoms with E-state index in [9.17, 15) is 32.0 Å². The zero-order valence-electron chi connectivity index (χ0n) is 19.2. The van der Waals surface area contributed by atoms with Crippen molar-refractivity contribution in [1.82, 2.24) is 9.97 Å². The zero-order chi connectivity index (χ0) is 25.4. The van der Waals surface area contributed by atoms with E-state index in [1.807, 2.05) is 24.8 Å². The minimum atomic E-state index is -4.75. The van der Waals surface area contributed by atoms with Crippen molar-refractivity contribution in [2.45, 2.75) is 44.0 Å². The van der Waals surface area contributed by atoms with Crippen LogP contribution in [0.4, 0.5) is 24.8 Å². The van der Waals surface area contributed by atoms with Gasteiger partial charge in [-0.3, -0.25) is 0 Å². The van der Waals surface area contributed by atoms with E-state index in [4.69, 9.17) is 0 Å². The van der Waals surface area contributed by atoms with Crippen LogP contribution in [0.3, 0.4) is 0 Å². The average Bonchev–Trinajstić information content (AvgIpc) is 2.76. The Morgan fingerprint density at radius 2 is 1.91 bits per heavy atom. The molecule has 0 radical (unpaired) electrons. The Balaban J connectivity index is 1.97. The van der Waals surface area contributed by atoms with E-state index in [-0.39, 0.29) is 33.9 Å². The Bertz CT molecular complexity index is 1210. The Kier molecular flexibility index (Phi) is 7.10. The van der Waals surface area contributed by atoms with Crippen LogP contribution in [0.5, 0.6) is 0 Å². The summed E-state index contributed by atoms with van der Waals surface area (Å²) in [5.41, 5.74) is -0.896. The number of nitriles is 1. The molecule has 34 heavy (non-hydrogen) atoms. The largest absolute Gasteiger partial charge is 0.433 e. The van der Waals surface area contributed by atoms with Crippen molar-refractivity contribution in [3.05, 3.63) is 41.2 Å². The van der Waals surface area contributed by atoms with Gasteiger partial charge in [0.2, 0.25) is 5.95 Å². The predicted octanol–water partition coefficient (Wildman–Crippen LogP) is 3.18. The molecule has 0 aliphatic carbocycles. The highest BCUT2D eigenvalue weighted by Crippen LogP contribution is 2.35. The van der Waals surface area contributed by atoms with Gasteiger partial charge in [0.1, 0.15) is 6.07 Å². The minimum Gasteiger partial charge on any atom is -0.389 e. The molecule has 2 heterocycles. The third-order valence-electron chi connectivity index (χ3n) is 5.82. The monoisotopic (exact) mass is 497 g/mol. The molecule has 2 aromatic rings. The maximum Gasteiger partial charge on any atom is 0.433 e. The lowest BCUT2D eigenvalue weighted by molar-refractivity contribution is -0.142. The highest BCUT2D eigenvalue weighted by Gasteiger charge is 2.39. The number of hydrogen-bond donors (Lipinski definition) is 1. The molecule has 1 aliphatic heterocycles. The van der Waals surface area contributed by atoms with Crippen LogP contribution in [-0.2, 0) is 16.0 Å². The van der Waals surface area contributed by atoms with Gasteiger partial charge in [0.15, 0.2) is 15.5 Å². The number of anilines is 2. The lowest BCUT2D eigenvalue weighted by atomic mass is 9.99. The summed E-state index contributed by atoms with van der Waals surface area (Å²) in [6, 6.07) is 6.18. The maximum absolute atomic E-state index is 13.6. The summed E-state index contributed by atoms with van der Waals surface area (Å²) in [7, 11) is -3.63. The fourth-order valence-corrected chi connectivity index (χ4v) is 4.87. The third kappa shape index (κ3) is 5.26. The van der Waals surface area contributed by atoms with Crippen LogP contribution in [0.15, 0.2) is 29.3 Å². The van der Waals surface area contributed by atoms with Gasteiger partial charge in [0.05, 0.1) is 22.6 Å². The van der Waals surface area contributed by atoms with Crippen LogP contribution < -0.4 is 9.80 Å². The molecule has 1 fully saturated rings. The van der Waals surface area contributed by atoms with Crippen LogP contribution in [-0.4, -0.2) is 55.4 Å². The number of sulfone groups is 1. The van der Waals surface area contributed by atoms with Gasteiger partial charge in [-0.2, -0.15) is 18.4 Å². The molecule has 1 aromatic carbocycles. The van der Waals surface area contributed by atoms with Gasteiger partial charge >= 0.3 is 6.18 Å². The summed E-state index contributed by atoms with van der Waals surface area (Å²) in [5.74, 6) is -0.0725. The number of halogens is 3. The van der Waals surface area contributed by atoms with E-state index in [1.54, 1.807) is 11.0 Å². The number of aromatic nitrogens is 2. The van der Waals surface area contributed by atoms with Gasteiger partial charge in [-0.25, -0.2) is 18.4 Å². The molecule has 1 aromatic heterocycles. The van der Waals surface area contributed by atoms with E-state index in [2.05, 4.69) is 9.97 Å². The summed E-state index contributed by atoms with van der Waals surface area (Å²) >= 11 is 0. The second-order valence-corrected chi connectivity index (χ2v) is 10.6. The van der Waals surface area contributed by atoms with Crippen LogP contribution in [0, 0.1) is 17.2 Å². The summed E-state index contributed by atoms with van der Waals surface area (Å²) in [4.78, 5) is 11.5. The molecule has 1 N–H and O–H groups in total. The van der Waals surface area contributed by atoms with Crippen molar-refractivity contribution in [1.29, 1.82) is 5.26 Å². The van der Waals surface area contributed by atoms with Crippen LogP contribution in [0.2, 0.25) is 0 Å². The smallest absolute Gasteiger partial charge is 0.389 e. The summed E-state index contributed by atoms with van der Waals surface area (Å²) in [5, 5.41) is 19.0. The van der Waals surface area contributed by atoms with E-state index in [0.29, 0.717) is 25.3 Å². The number of aliphatic hydroxyl groups is 1. The first-order valence-corrected chi connectivity index (χ1v) is 12.5. The normalized spacial score (nSPS) is 18.2. The van der Waals surface area contributed by atoms with Crippen molar-refractivity contribution in [3.8, 4) is 6.07 Å². The molecule has 0 spiro atoms.